The lowest BCUT2D eigenvalue weighted by atomic mass is 9.69. The number of hydrogen-bond acceptors (Lipinski definition) is 1. The van der Waals surface area contributed by atoms with Crippen LogP contribution in [-0.4, -0.2) is 6.54 Å². The van der Waals surface area contributed by atoms with Crippen LogP contribution >= 0.6 is 0 Å². The largest absolute Gasteiger partial charge is 0.330 e. The molecule has 4 rings (SSSR count). The molecule has 76 valence electrons. The average molecular weight is 189 g/mol. The molecule has 4 bridgehead atoms. The highest BCUT2D eigenvalue weighted by Crippen LogP contribution is 2.66. The summed E-state index contributed by atoms with van der Waals surface area (Å²) in [6.45, 7) is 0.950. The quantitative estimate of drug-likeness (QED) is 0.496. The van der Waals surface area contributed by atoms with Crippen molar-refractivity contribution in [2.75, 3.05) is 6.54 Å². The van der Waals surface area contributed by atoms with Gasteiger partial charge >= 0.3 is 0 Å². The Balaban J connectivity index is 1.72. The number of hydrogen-bond donors (Lipinski definition) is 1. The van der Waals surface area contributed by atoms with Crippen molar-refractivity contribution in [1.82, 2.24) is 0 Å². The molecule has 1 nitrogen and oxygen atoms in total. The van der Waals surface area contributed by atoms with E-state index in [4.69, 9.17) is 5.73 Å². The Morgan fingerprint density at radius 3 is 2.57 bits per heavy atom. The highest BCUT2D eigenvalue weighted by atomic mass is 14.7. The van der Waals surface area contributed by atoms with Crippen molar-refractivity contribution in [3.05, 3.63) is 12.2 Å². The highest BCUT2D eigenvalue weighted by molar-refractivity contribution is 5.20. The van der Waals surface area contributed by atoms with E-state index in [0.29, 0.717) is 0 Å². The second-order valence-electron chi connectivity index (χ2n) is 5.99. The lowest BCUT2D eigenvalue weighted by Crippen LogP contribution is -2.34. The second kappa shape index (κ2) is 2.44. The van der Waals surface area contributed by atoms with E-state index in [2.05, 4.69) is 12.2 Å². The van der Waals surface area contributed by atoms with Gasteiger partial charge in [0.15, 0.2) is 0 Å². The van der Waals surface area contributed by atoms with Crippen molar-refractivity contribution in [1.29, 1.82) is 0 Å². The van der Waals surface area contributed by atoms with Gasteiger partial charge in [-0.2, -0.15) is 0 Å². The highest BCUT2D eigenvalue weighted by Gasteiger charge is 2.60. The van der Waals surface area contributed by atoms with Gasteiger partial charge in [-0.05, 0) is 67.2 Å². The van der Waals surface area contributed by atoms with Crippen LogP contribution in [0.15, 0.2) is 12.2 Å². The monoisotopic (exact) mass is 189 g/mol. The van der Waals surface area contributed by atoms with Gasteiger partial charge in [-0.25, -0.2) is 0 Å². The molecule has 3 fully saturated rings. The van der Waals surface area contributed by atoms with Crippen molar-refractivity contribution in [3.8, 4) is 0 Å². The molecule has 0 aliphatic heterocycles. The fourth-order valence-corrected chi connectivity index (χ4v) is 5.42. The van der Waals surface area contributed by atoms with E-state index in [1.807, 2.05) is 0 Å². The SMILES string of the molecule is NCC1CC2CC1C1C3C=CC(C3)C21. The first-order valence-electron chi connectivity index (χ1n) is 6.27. The number of rotatable bonds is 1. The van der Waals surface area contributed by atoms with E-state index >= 15 is 0 Å². The van der Waals surface area contributed by atoms with Crippen LogP contribution in [0.1, 0.15) is 19.3 Å². The van der Waals surface area contributed by atoms with Gasteiger partial charge in [0, 0.05) is 0 Å². The lowest BCUT2D eigenvalue weighted by molar-refractivity contribution is 0.154. The summed E-state index contributed by atoms with van der Waals surface area (Å²) in [4.78, 5) is 0. The zero-order valence-corrected chi connectivity index (χ0v) is 8.60. The van der Waals surface area contributed by atoms with Gasteiger partial charge in [0.25, 0.3) is 0 Å². The molecule has 0 radical (unpaired) electrons. The van der Waals surface area contributed by atoms with E-state index in [0.717, 1.165) is 48.0 Å². The Labute approximate surface area is 85.7 Å². The summed E-state index contributed by atoms with van der Waals surface area (Å²) < 4.78 is 0. The maximum atomic E-state index is 5.88. The molecule has 7 atom stereocenters. The van der Waals surface area contributed by atoms with Crippen LogP contribution in [-0.2, 0) is 0 Å². The minimum Gasteiger partial charge on any atom is -0.330 e. The van der Waals surface area contributed by atoms with Crippen LogP contribution in [0, 0.1) is 41.4 Å². The molecule has 0 aromatic heterocycles. The Morgan fingerprint density at radius 2 is 1.79 bits per heavy atom. The Bertz CT molecular complexity index is 296. The van der Waals surface area contributed by atoms with E-state index < -0.39 is 0 Å². The molecule has 0 aromatic carbocycles. The molecule has 7 unspecified atom stereocenters. The standard InChI is InChI=1S/C13H19N/c14-6-10-4-9-5-11(10)13-8-2-1-7(3-8)12(9)13/h1-2,7-13H,3-6,14H2. The van der Waals surface area contributed by atoms with Gasteiger partial charge in [0.05, 0.1) is 0 Å². The predicted molar refractivity (Wildman–Crippen MR) is 56.5 cm³/mol. The summed E-state index contributed by atoms with van der Waals surface area (Å²) in [5, 5.41) is 0. The zero-order valence-electron chi connectivity index (χ0n) is 8.60. The third kappa shape index (κ3) is 0.735. The Kier molecular flexibility index (Phi) is 1.38. The maximum Gasteiger partial charge on any atom is -0.00460 e. The molecular weight excluding hydrogens is 170 g/mol. The predicted octanol–water partition coefficient (Wildman–Crippen LogP) is 2.04. The summed E-state index contributed by atoms with van der Waals surface area (Å²) in [5.74, 6) is 7.01. The summed E-state index contributed by atoms with van der Waals surface area (Å²) in [6.07, 6.45) is 9.50. The van der Waals surface area contributed by atoms with Crippen LogP contribution in [0.2, 0.25) is 0 Å². The number of fused-ring (bicyclic) bond motifs is 9. The zero-order chi connectivity index (χ0) is 9.28. The molecule has 4 aliphatic carbocycles. The van der Waals surface area contributed by atoms with Crippen molar-refractivity contribution in [2.24, 2.45) is 47.2 Å². The van der Waals surface area contributed by atoms with Gasteiger partial charge in [-0.15, -0.1) is 0 Å². The van der Waals surface area contributed by atoms with Gasteiger partial charge in [0.1, 0.15) is 0 Å². The number of allylic oxidation sites excluding steroid dienone is 2. The minimum absolute atomic E-state index is 0.883. The first-order chi connectivity index (χ1) is 6.88. The van der Waals surface area contributed by atoms with E-state index in [9.17, 15) is 0 Å². The summed E-state index contributed by atoms with van der Waals surface area (Å²) in [6, 6.07) is 0. The Hall–Kier alpha value is -0.300. The average Bonchev–Trinajstić information content (AvgIpc) is 2.94. The van der Waals surface area contributed by atoms with Crippen LogP contribution in [0.5, 0.6) is 0 Å². The first-order valence-corrected chi connectivity index (χ1v) is 6.27. The number of nitrogens with two attached hydrogens (primary N) is 1. The molecule has 0 saturated heterocycles. The van der Waals surface area contributed by atoms with Gasteiger partial charge in [0.2, 0.25) is 0 Å². The third-order valence-electron chi connectivity index (χ3n) is 5.71. The smallest absolute Gasteiger partial charge is 0.00460 e. The maximum absolute atomic E-state index is 5.88. The second-order valence-corrected chi connectivity index (χ2v) is 5.99. The minimum atomic E-state index is 0.883. The van der Waals surface area contributed by atoms with Crippen molar-refractivity contribution in [2.45, 2.75) is 19.3 Å². The molecular formula is C13H19N. The molecule has 0 heterocycles. The molecule has 4 aliphatic rings. The molecule has 0 spiro atoms. The van der Waals surface area contributed by atoms with Crippen LogP contribution in [0.4, 0.5) is 0 Å². The van der Waals surface area contributed by atoms with Gasteiger partial charge in [-0.1, -0.05) is 12.2 Å². The van der Waals surface area contributed by atoms with Gasteiger partial charge < -0.3 is 5.73 Å². The molecule has 1 heteroatoms. The van der Waals surface area contributed by atoms with Gasteiger partial charge in [-0.3, -0.25) is 0 Å². The lowest BCUT2D eigenvalue weighted by Gasteiger charge is -2.36. The van der Waals surface area contributed by atoms with Crippen LogP contribution in [0.3, 0.4) is 0 Å². The first kappa shape index (κ1) is 7.92. The van der Waals surface area contributed by atoms with Crippen LogP contribution < -0.4 is 5.73 Å². The summed E-state index contributed by atoms with van der Waals surface area (Å²) in [7, 11) is 0. The van der Waals surface area contributed by atoms with Crippen molar-refractivity contribution in [3.63, 3.8) is 0 Å². The fraction of sp³-hybridized carbons (Fsp3) is 0.846. The third-order valence-corrected chi connectivity index (χ3v) is 5.71. The topological polar surface area (TPSA) is 26.0 Å². The molecule has 0 aromatic rings. The van der Waals surface area contributed by atoms with E-state index in [-0.39, 0.29) is 0 Å². The summed E-state index contributed by atoms with van der Waals surface area (Å²) in [5.41, 5.74) is 5.88. The normalized spacial score (nSPS) is 62.5. The van der Waals surface area contributed by atoms with Crippen molar-refractivity contribution >= 4 is 0 Å². The van der Waals surface area contributed by atoms with E-state index in [1.165, 1.54) is 19.3 Å². The fourth-order valence-electron chi connectivity index (χ4n) is 5.42. The van der Waals surface area contributed by atoms with E-state index in [1.54, 1.807) is 0 Å². The molecule has 2 N–H and O–H groups in total. The molecule has 0 amide bonds. The summed E-state index contributed by atoms with van der Waals surface area (Å²) >= 11 is 0. The Morgan fingerprint density at radius 1 is 1.00 bits per heavy atom. The molecule has 3 saturated carbocycles. The molecule has 14 heavy (non-hydrogen) atoms. The van der Waals surface area contributed by atoms with Crippen molar-refractivity contribution < 1.29 is 0 Å². The van der Waals surface area contributed by atoms with Crippen LogP contribution in [0.25, 0.3) is 0 Å².